The lowest BCUT2D eigenvalue weighted by atomic mass is 10.1. The Hall–Kier alpha value is -3.56. The van der Waals surface area contributed by atoms with Crippen LogP contribution in [0.25, 0.3) is 11.6 Å². The van der Waals surface area contributed by atoms with Crippen LogP contribution in [-0.2, 0) is 7.05 Å². The lowest BCUT2D eigenvalue weighted by Crippen LogP contribution is -2.12. The predicted octanol–water partition coefficient (Wildman–Crippen LogP) is 1.94. The monoisotopic (exact) mass is 328 g/mol. The third kappa shape index (κ3) is 2.97. The van der Waals surface area contributed by atoms with Gasteiger partial charge in [-0.15, -0.1) is 5.10 Å². The summed E-state index contributed by atoms with van der Waals surface area (Å²) in [6.45, 7) is 1.59. The highest BCUT2D eigenvalue weighted by atomic mass is 16.6. The second kappa shape index (κ2) is 5.91. The topological polar surface area (TPSA) is 129 Å². The number of benzene rings is 1. The SMILES string of the molecule is Cc1ccc(C(=O)Nc2nnc(-c3ccn(C)n3)o2)cc1[N+](=O)[O-]. The molecule has 2 aromatic heterocycles. The van der Waals surface area contributed by atoms with Gasteiger partial charge < -0.3 is 4.42 Å². The first-order valence-corrected chi connectivity index (χ1v) is 6.84. The maximum absolute atomic E-state index is 12.2. The number of carbonyl (C=O) groups is 1. The summed E-state index contributed by atoms with van der Waals surface area (Å²) in [7, 11) is 1.74. The molecular weight excluding hydrogens is 316 g/mol. The average Bonchev–Trinajstić information content (AvgIpc) is 3.16. The minimum atomic E-state index is -0.589. The van der Waals surface area contributed by atoms with E-state index in [-0.39, 0.29) is 23.2 Å². The van der Waals surface area contributed by atoms with Crippen LogP contribution in [0.3, 0.4) is 0 Å². The second-order valence-corrected chi connectivity index (χ2v) is 5.00. The number of nitro groups is 1. The van der Waals surface area contributed by atoms with Gasteiger partial charge in [-0.05, 0) is 19.1 Å². The number of aromatic nitrogens is 4. The van der Waals surface area contributed by atoms with E-state index in [2.05, 4.69) is 20.6 Å². The number of carbonyl (C=O) groups excluding carboxylic acids is 1. The molecule has 0 fully saturated rings. The first-order chi connectivity index (χ1) is 11.4. The number of hydrogen-bond donors (Lipinski definition) is 1. The van der Waals surface area contributed by atoms with Crippen molar-refractivity contribution in [3.05, 3.63) is 51.7 Å². The number of amides is 1. The molecule has 0 aliphatic heterocycles. The van der Waals surface area contributed by atoms with E-state index in [1.165, 1.54) is 18.2 Å². The third-order valence-electron chi connectivity index (χ3n) is 3.25. The normalized spacial score (nSPS) is 10.6. The summed E-state index contributed by atoms with van der Waals surface area (Å²) in [5.41, 5.74) is 0.912. The summed E-state index contributed by atoms with van der Waals surface area (Å²) < 4.78 is 6.89. The van der Waals surface area contributed by atoms with Gasteiger partial charge in [0.15, 0.2) is 0 Å². The van der Waals surface area contributed by atoms with Crippen LogP contribution in [-0.4, -0.2) is 30.8 Å². The minimum absolute atomic E-state index is 0.116. The van der Waals surface area contributed by atoms with Crippen molar-refractivity contribution in [2.75, 3.05) is 5.32 Å². The van der Waals surface area contributed by atoms with E-state index >= 15 is 0 Å². The molecule has 0 unspecified atom stereocenters. The van der Waals surface area contributed by atoms with E-state index in [0.29, 0.717) is 11.3 Å². The molecule has 0 atom stereocenters. The number of rotatable bonds is 4. The summed E-state index contributed by atoms with van der Waals surface area (Å²) in [5, 5.41) is 25.0. The summed E-state index contributed by atoms with van der Waals surface area (Å²) >= 11 is 0. The molecule has 0 aliphatic rings. The van der Waals surface area contributed by atoms with Crippen LogP contribution >= 0.6 is 0 Å². The molecule has 1 amide bonds. The number of nitrogens with zero attached hydrogens (tertiary/aromatic N) is 5. The zero-order chi connectivity index (χ0) is 17.3. The van der Waals surface area contributed by atoms with Crippen molar-refractivity contribution in [2.24, 2.45) is 7.05 Å². The van der Waals surface area contributed by atoms with Crippen molar-refractivity contribution in [1.29, 1.82) is 0 Å². The summed E-state index contributed by atoms with van der Waals surface area (Å²) in [4.78, 5) is 22.6. The fourth-order valence-electron chi connectivity index (χ4n) is 2.02. The molecule has 1 aromatic carbocycles. The highest BCUT2D eigenvalue weighted by Gasteiger charge is 2.17. The lowest BCUT2D eigenvalue weighted by molar-refractivity contribution is -0.385. The molecule has 2 heterocycles. The lowest BCUT2D eigenvalue weighted by Gasteiger charge is -2.02. The Morgan fingerprint density at radius 1 is 1.33 bits per heavy atom. The van der Waals surface area contributed by atoms with E-state index in [1.54, 1.807) is 30.9 Å². The summed E-state index contributed by atoms with van der Waals surface area (Å²) in [6.07, 6.45) is 1.71. The Morgan fingerprint density at radius 2 is 2.12 bits per heavy atom. The highest BCUT2D eigenvalue weighted by molar-refractivity contribution is 6.03. The molecule has 3 aromatic rings. The molecule has 10 heteroatoms. The first kappa shape index (κ1) is 15.3. The van der Waals surface area contributed by atoms with Gasteiger partial charge in [0.2, 0.25) is 0 Å². The van der Waals surface area contributed by atoms with Crippen LogP contribution in [0, 0.1) is 17.0 Å². The fraction of sp³-hybridized carbons (Fsp3) is 0.143. The number of nitro benzene ring substituents is 1. The van der Waals surface area contributed by atoms with Gasteiger partial charge in [-0.3, -0.25) is 24.9 Å². The van der Waals surface area contributed by atoms with Gasteiger partial charge in [0.05, 0.1) is 4.92 Å². The van der Waals surface area contributed by atoms with Gasteiger partial charge in [-0.2, -0.15) is 5.10 Å². The van der Waals surface area contributed by atoms with Crippen molar-refractivity contribution in [1.82, 2.24) is 20.0 Å². The molecule has 0 saturated heterocycles. The van der Waals surface area contributed by atoms with Crippen LogP contribution < -0.4 is 5.32 Å². The van der Waals surface area contributed by atoms with E-state index < -0.39 is 10.8 Å². The molecule has 0 spiro atoms. The van der Waals surface area contributed by atoms with Crippen LogP contribution in [0.5, 0.6) is 0 Å². The zero-order valence-electron chi connectivity index (χ0n) is 12.8. The van der Waals surface area contributed by atoms with E-state index in [0.717, 1.165) is 0 Å². The first-order valence-electron chi connectivity index (χ1n) is 6.84. The van der Waals surface area contributed by atoms with Crippen LogP contribution in [0.15, 0.2) is 34.9 Å². The Kier molecular flexibility index (Phi) is 3.78. The van der Waals surface area contributed by atoms with Crippen molar-refractivity contribution >= 4 is 17.6 Å². The summed E-state index contributed by atoms with van der Waals surface area (Å²) in [6, 6.07) is 5.74. The van der Waals surface area contributed by atoms with Gasteiger partial charge in [-0.25, -0.2) is 0 Å². The second-order valence-electron chi connectivity index (χ2n) is 5.00. The maximum atomic E-state index is 12.2. The highest BCUT2D eigenvalue weighted by Crippen LogP contribution is 2.21. The van der Waals surface area contributed by atoms with Crippen molar-refractivity contribution in [2.45, 2.75) is 6.92 Å². The van der Waals surface area contributed by atoms with Crippen molar-refractivity contribution < 1.29 is 14.1 Å². The average molecular weight is 328 g/mol. The minimum Gasteiger partial charge on any atom is -0.401 e. The van der Waals surface area contributed by atoms with E-state index in [9.17, 15) is 14.9 Å². The standard InChI is InChI=1S/C14H12N6O4/c1-8-3-4-9(7-11(8)20(22)23)12(21)15-14-17-16-13(24-14)10-5-6-19(2)18-10/h3-7H,1-2H3,(H,15,17,21). The van der Waals surface area contributed by atoms with Crippen LogP contribution in [0.2, 0.25) is 0 Å². The van der Waals surface area contributed by atoms with E-state index in [1.807, 2.05) is 0 Å². The largest absolute Gasteiger partial charge is 0.401 e. The molecule has 122 valence electrons. The molecule has 0 bridgehead atoms. The van der Waals surface area contributed by atoms with Gasteiger partial charge in [-0.1, -0.05) is 11.2 Å². The van der Waals surface area contributed by atoms with E-state index in [4.69, 9.17) is 4.42 Å². The molecule has 3 rings (SSSR count). The van der Waals surface area contributed by atoms with Crippen LogP contribution in [0.1, 0.15) is 15.9 Å². The Labute approximate surface area is 135 Å². The molecule has 1 N–H and O–H groups in total. The summed E-state index contributed by atoms with van der Waals surface area (Å²) in [5.74, 6) is -0.435. The predicted molar refractivity (Wildman–Crippen MR) is 82.3 cm³/mol. The third-order valence-corrected chi connectivity index (χ3v) is 3.25. The molecule has 10 nitrogen and oxygen atoms in total. The van der Waals surface area contributed by atoms with Gasteiger partial charge in [0.1, 0.15) is 5.69 Å². The Balaban J connectivity index is 1.79. The van der Waals surface area contributed by atoms with Crippen LogP contribution in [0.4, 0.5) is 11.7 Å². The molecular formula is C14H12N6O4. The Bertz CT molecular complexity index is 929. The van der Waals surface area contributed by atoms with Gasteiger partial charge >= 0.3 is 6.01 Å². The number of nitrogens with one attached hydrogen (secondary N) is 1. The molecule has 0 saturated carbocycles. The number of anilines is 1. The molecule has 0 aliphatic carbocycles. The van der Waals surface area contributed by atoms with Gasteiger partial charge in [0.25, 0.3) is 17.5 Å². The molecule has 0 radical (unpaired) electrons. The Morgan fingerprint density at radius 3 is 2.79 bits per heavy atom. The maximum Gasteiger partial charge on any atom is 0.322 e. The number of hydrogen-bond acceptors (Lipinski definition) is 7. The number of aryl methyl sites for hydroxylation is 2. The van der Waals surface area contributed by atoms with Gasteiger partial charge in [0, 0.05) is 30.4 Å². The zero-order valence-corrected chi connectivity index (χ0v) is 12.8. The smallest absolute Gasteiger partial charge is 0.322 e. The van der Waals surface area contributed by atoms with Crippen molar-refractivity contribution in [3.8, 4) is 11.6 Å². The quantitative estimate of drug-likeness (QED) is 0.572. The van der Waals surface area contributed by atoms with Crippen molar-refractivity contribution in [3.63, 3.8) is 0 Å². The fourth-order valence-corrected chi connectivity index (χ4v) is 2.02. The molecule has 24 heavy (non-hydrogen) atoms.